The maximum absolute atomic E-state index is 13.4. The summed E-state index contributed by atoms with van der Waals surface area (Å²) in [5.74, 6) is -0.882. The van der Waals surface area contributed by atoms with Crippen LogP contribution >= 0.6 is 0 Å². The SMILES string of the molecule is CN(C)Cc1cccc(C(N)=O)c1C1(O)CCN(Cc2cncc(F)c2)CC1. The fraction of sp³-hybridized carbons (Fsp3) is 0.429. The van der Waals surface area contributed by atoms with Crippen molar-refractivity contribution in [1.82, 2.24) is 14.8 Å². The first kappa shape index (κ1) is 20.4. The highest BCUT2D eigenvalue weighted by Gasteiger charge is 2.38. The molecule has 0 atom stereocenters. The van der Waals surface area contributed by atoms with Gasteiger partial charge in [0, 0.05) is 43.5 Å². The van der Waals surface area contributed by atoms with E-state index < -0.39 is 11.5 Å². The molecule has 1 aromatic carbocycles. The van der Waals surface area contributed by atoms with Crippen LogP contribution in [0, 0.1) is 5.82 Å². The summed E-state index contributed by atoms with van der Waals surface area (Å²) in [5, 5.41) is 11.5. The van der Waals surface area contributed by atoms with Crippen molar-refractivity contribution in [2.24, 2.45) is 5.73 Å². The lowest BCUT2D eigenvalue weighted by molar-refractivity contribution is -0.0291. The summed E-state index contributed by atoms with van der Waals surface area (Å²) in [6.07, 6.45) is 3.79. The molecule has 1 saturated heterocycles. The van der Waals surface area contributed by atoms with Gasteiger partial charge in [0.1, 0.15) is 5.82 Å². The largest absolute Gasteiger partial charge is 0.385 e. The summed E-state index contributed by atoms with van der Waals surface area (Å²) in [5.41, 5.74) is 7.22. The Labute approximate surface area is 164 Å². The fourth-order valence-electron chi connectivity index (χ4n) is 3.96. The van der Waals surface area contributed by atoms with Crippen LogP contribution in [0.1, 0.15) is 39.9 Å². The number of pyridine rings is 1. The molecule has 6 nitrogen and oxygen atoms in total. The lowest BCUT2D eigenvalue weighted by Gasteiger charge is -2.40. The number of carbonyl (C=O) groups is 1. The van der Waals surface area contributed by atoms with Gasteiger partial charge in [-0.2, -0.15) is 0 Å². The highest BCUT2D eigenvalue weighted by Crippen LogP contribution is 2.37. The molecule has 28 heavy (non-hydrogen) atoms. The van der Waals surface area contributed by atoms with Crippen LogP contribution in [0.2, 0.25) is 0 Å². The molecule has 7 heteroatoms. The Morgan fingerprint density at radius 3 is 2.64 bits per heavy atom. The summed E-state index contributed by atoms with van der Waals surface area (Å²) in [6, 6.07) is 6.90. The number of rotatable bonds is 6. The quantitative estimate of drug-likeness (QED) is 0.792. The first-order chi connectivity index (χ1) is 13.3. The summed E-state index contributed by atoms with van der Waals surface area (Å²) in [6.45, 7) is 2.43. The molecule has 1 fully saturated rings. The van der Waals surface area contributed by atoms with Gasteiger partial charge in [-0.3, -0.25) is 14.7 Å². The summed E-state index contributed by atoms with van der Waals surface area (Å²) >= 11 is 0. The molecular weight excluding hydrogens is 359 g/mol. The standard InChI is InChI=1S/C21H27FN4O2/c1-25(2)14-16-4-3-5-18(20(23)27)19(16)21(28)6-8-26(9-7-21)13-15-10-17(22)12-24-11-15/h3-5,10-12,28H,6-9,13-14H2,1-2H3,(H2,23,27). The van der Waals surface area contributed by atoms with E-state index in [1.807, 2.05) is 25.1 Å². The number of nitrogens with zero attached hydrogens (tertiary/aromatic N) is 3. The van der Waals surface area contributed by atoms with Crippen LogP contribution < -0.4 is 5.73 Å². The van der Waals surface area contributed by atoms with Crippen molar-refractivity contribution in [3.63, 3.8) is 0 Å². The van der Waals surface area contributed by atoms with Gasteiger partial charge >= 0.3 is 0 Å². The monoisotopic (exact) mass is 386 g/mol. The minimum absolute atomic E-state index is 0.352. The van der Waals surface area contributed by atoms with E-state index in [0.717, 1.165) is 11.1 Å². The number of aromatic nitrogens is 1. The molecule has 0 radical (unpaired) electrons. The van der Waals surface area contributed by atoms with E-state index in [0.29, 0.717) is 50.1 Å². The normalized spacial score (nSPS) is 17.0. The van der Waals surface area contributed by atoms with Gasteiger partial charge in [0.2, 0.25) is 5.91 Å². The minimum Gasteiger partial charge on any atom is -0.385 e. The second-order valence-corrected chi connectivity index (χ2v) is 7.76. The van der Waals surface area contributed by atoms with Crippen LogP contribution in [0.3, 0.4) is 0 Å². The Hall–Kier alpha value is -2.35. The Balaban J connectivity index is 1.82. The second-order valence-electron chi connectivity index (χ2n) is 7.76. The van der Waals surface area contributed by atoms with E-state index >= 15 is 0 Å². The summed E-state index contributed by atoms with van der Waals surface area (Å²) in [7, 11) is 3.89. The van der Waals surface area contributed by atoms with Gasteiger partial charge in [-0.15, -0.1) is 0 Å². The maximum atomic E-state index is 13.4. The van der Waals surface area contributed by atoms with Crippen molar-refractivity contribution in [2.45, 2.75) is 31.5 Å². The number of piperidine rings is 1. The van der Waals surface area contributed by atoms with Gasteiger partial charge in [-0.05, 0) is 50.2 Å². The van der Waals surface area contributed by atoms with Crippen molar-refractivity contribution in [2.75, 3.05) is 27.2 Å². The molecule has 2 heterocycles. The van der Waals surface area contributed by atoms with Crippen molar-refractivity contribution in [3.05, 3.63) is 64.7 Å². The molecular formula is C21H27FN4O2. The first-order valence-corrected chi connectivity index (χ1v) is 9.39. The zero-order valence-electron chi connectivity index (χ0n) is 16.4. The van der Waals surface area contributed by atoms with E-state index in [1.54, 1.807) is 18.3 Å². The average molecular weight is 386 g/mol. The Bertz CT molecular complexity index is 848. The number of nitrogens with two attached hydrogens (primary N) is 1. The molecule has 3 N–H and O–H groups in total. The molecule has 1 aromatic heterocycles. The van der Waals surface area contributed by atoms with E-state index in [1.165, 1.54) is 12.3 Å². The number of benzene rings is 1. The number of primary amides is 1. The fourth-order valence-corrected chi connectivity index (χ4v) is 3.96. The first-order valence-electron chi connectivity index (χ1n) is 9.39. The number of aliphatic hydroxyl groups is 1. The molecule has 1 aliphatic heterocycles. The predicted molar refractivity (Wildman–Crippen MR) is 105 cm³/mol. The van der Waals surface area contributed by atoms with Gasteiger partial charge in [-0.1, -0.05) is 12.1 Å². The molecule has 0 unspecified atom stereocenters. The van der Waals surface area contributed by atoms with Crippen LogP contribution in [-0.2, 0) is 18.7 Å². The molecule has 0 aliphatic carbocycles. The van der Waals surface area contributed by atoms with Gasteiger partial charge in [0.25, 0.3) is 0 Å². The number of halogens is 1. The summed E-state index contributed by atoms with van der Waals surface area (Å²) < 4.78 is 13.4. The third-order valence-corrected chi connectivity index (χ3v) is 5.22. The maximum Gasteiger partial charge on any atom is 0.249 e. The highest BCUT2D eigenvalue weighted by molar-refractivity contribution is 5.95. The predicted octanol–water partition coefficient (Wildman–Crippen LogP) is 1.86. The zero-order chi connectivity index (χ0) is 20.3. The van der Waals surface area contributed by atoms with Crippen molar-refractivity contribution < 1.29 is 14.3 Å². The molecule has 0 bridgehead atoms. The van der Waals surface area contributed by atoms with E-state index in [2.05, 4.69) is 9.88 Å². The molecule has 0 spiro atoms. The van der Waals surface area contributed by atoms with Crippen molar-refractivity contribution in [1.29, 1.82) is 0 Å². The molecule has 1 amide bonds. The Kier molecular flexibility index (Phi) is 6.07. The summed E-state index contributed by atoms with van der Waals surface area (Å²) in [4.78, 5) is 20.1. The van der Waals surface area contributed by atoms with Gasteiger partial charge in [0.15, 0.2) is 0 Å². The number of amides is 1. The topological polar surface area (TPSA) is 82.7 Å². The number of carbonyl (C=O) groups excluding carboxylic acids is 1. The lowest BCUT2D eigenvalue weighted by Crippen LogP contribution is -2.44. The minimum atomic E-state index is -1.12. The van der Waals surface area contributed by atoms with E-state index in [9.17, 15) is 14.3 Å². The molecule has 150 valence electrons. The Morgan fingerprint density at radius 1 is 1.32 bits per heavy atom. The third-order valence-electron chi connectivity index (χ3n) is 5.22. The smallest absolute Gasteiger partial charge is 0.249 e. The highest BCUT2D eigenvalue weighted by atomic mass is 19.1. The Morgan fingerprint density at radius 2 is 2.04 bits per heavy atom. The lowest BCUT2D eigenvalue weighted by atomic mass is 9.79. The average Bonchev–Trinajstić information content (AvgIpc) is 2.63. The number of hydrogen-bond donors (Lipinski definition) is 2. The third kappa shape index (κ3) is 4.55. The van der Waals surface area contributed by atoms with Crippen molar-refractivity contribution in [3.8, 4) is 0 Å². The zero-order valence-corrected chi connectivity index (χ0v) is 16.4. The van der Waals surface area contributed by atoms with Crippen LogP contribution in [0.5, 0.6) is 0 Å². The van der Waals surface area contributed by atoms with Crippen LogP contribution in [0.4, 0.5) is 4.39 Å². The van der Waals surface area contributed by atoms with Gasteiger partial charge in [0.05, 0.1) is 11.8 Å². The number of likely N-dealkylation sites (tertiary alicyclic amines) is 1. The number of hydrogen-bond acceptors (Lipinski definition) is 5. The molecule has 3 rings (SSSR count). The van der Waals surface area contributed by atoms with Crippen LogP contribution in [0.25, 0.3) is 0 Å². The van der Waals surface area contributed by atoms with E-state index in [-0.39, 0.29) is 5.82 Å². The molecule has 0 saturated carbocycles. The second kappa shape index (κ2) is 8.34. The van der Waals surface area contributed by atoms with Crippen molar-refractivity contribution >= 4 is 5.91 Å². The van der Waals surface area contributed by atoms with Crippen LogP contribution in [-0.4, -0.2) is 53.0 Å². The van der Waals surface area contributed by atoms with Gasteiger partial charge in [-0.25, -0.2) is 4.39 Å². The van der Waals surface area contributed by atoms with Gasteiger partial charge < -0.3 is 15.7 Å². The molecule has 1 aliphatic rings. The molecule has 2 aromatic rings. The van der Waals surface area contributed by atoms with Crippen LogP contribution in [0.15, 0.2) is 36.7 Å². The van der Waals surface area contributed by atoms with E-state index in [4.69, 9.17) is 5.73 Å².